The molecule has 0 aromatic heterocycles. The van der Waals surface area contributed by atoms with Crippen LogP contribution in [0.25, 0.3) is 0 Å². The van der Waals surface area contributed by atoms with E-state index >= 15 is 0 Å². The molecule has 1 unspecified atom stereocenters. The molecule has 1 aromatic carbocycles. The third-order valence-electron chi connectivity index (χ3n) is 3.00. The predicted molar refractivity (Wildman–Crippen MR) is 81.8 cm³/mol. The zero-order chi connectivity index (χ0) is 15.9. The minimum atomic E-state index is -0.949. The molecule has 0 spiro atoms. The second kappa shape index (κ2) is 8.00. The SMILES string of the molecule is CC(C)CC(C)(O)CNCCOc1ccc(C(=O)O)cc1. The Kier molecular flexibility index (Phi) is 6.65. The molecule has 0 radical (unpaired) electrons. The first-order valence-corrected chi connectivity index (χ1v) is 7.19. The first kappa shape index (κ1) is 17.5. The smallest absolute Gasteiger partial charge is 0.335 e. The van der Waals surface area contributed by atoms with Crippen LogP contribution >= 0.6 is 0 Å². The summed E-state index contributed by atoms with van der Waals surface area (Å²) in [6.07, 6.45) is 0.748. The quantitative estimate of drug-likeness (QED) is 0.608. The van der Waals surface area contributed by atoms with E-state index in [0.717, 1.165) is 6.42 Å². The fourth-order valence-electron chi connectivity index (χ4n) is 2.24. The Labute approximate surface area is 125 Å². The summed E-state index contributed by atoms with van der Waals surface area (Å²) in [6.45, 7) is 7.59. The van der Waals surface area contributed by atoms with E-state index in [1.807, 2.05) is 6.92 Å². The molecular formula is C16H25NO4. The molecule has 0 saturated heterocycles. The summed E-state index contributed by atoms with van der Waals surface area (Å²) in [5.74, 6) is 0.136. The number of aliphatic hydroxyl groups is 1. The van der Waals surface area contributed by atoms with E-state index < -0.39 is 11.6 Å². The Morgan fingerprint density at radius 1 is 1.33 bits per heavy atom. The Balaban J connectivity index is 2.23. The van der Waals surface area contributed by atoms with Crippen molar-refractivity contribution in [3.05, 3.63) is 29.8 Å². The third kappa shape index (κ3) is 7.11. The normalized spacial score (nSPS) is 14.0. The van der Waals surface area contributed by atoms with Gasteiger partial charge in [0.25, 0.3) is 0 Å². The van der Waals surface area contributed by atoms with Crippen molar-refractivity contribution in [1.82, 2.24) is 5.32 Å². The molecule has 0 aliphatic heterocycles. The molecule has 0 fully saturated rings. The molecule has 118 valence electrons. The van der Waals surface area contributed by atoms with E-state index in [2.05, 4.69) is 19.2 Å². The summed E-state index contributed by atoms with van der Waals surface area (Å²) < 4.78 is 5.50. The van der Waals surface area contributed by atoms with E-state index in [1.165, 1.54) is 12.1 Å². The van der Waals surface area contributed by atoms with E-state index in [9.17, 15) is 9.90 Å². The predicted octanol–water partition coefficient (Wildman–Crippen LogP) is 2.15. The van der Waals surface area contributed by atoms with Crippen LogP contribution in [-0.4, -0.2) is 41.5 Å². The van der Waals surface area contributed by atoms with Crippen molar-refractivity contribution in [1.29, 1.82) is 0 Å². The summed E-state index contributed by atoms with van der Waals surface area (Å²) in [6, 6.07) is 6.30. The minimum absolute atomic E-state index is 0.241. The van der Waals surface area contributed by atoms with Crippen molar-refractivity contribution in [3.63, 3.8) is 0 Å². The lowest BCUT2D eigenvalue weighted by atomic mass is 9.94. The number of hydrogen-bond donors (Lipinski definition) is 3. The molecule has 0 saturated carbocycles. The number of ether oxygens (including phenoxy) is 1. The van der Waals surface area contributed by atoms with Crippen molar-refractivity contribution in [2.75, 3.05) is 19.7 Å². The number of nitrogens with one attached hydrogen (secondary N) is 1. The second-order valence-corrected chi connectivity index (χ2v) is 5.95. The zero-order valence-electron chi connectivity index (χ0n) is 12.9. The lowest BCUT2D eigenvalue weighted by Gasteiger charge is -2.25. The van der Waals surface area contributed by atoms with Crippen LogP contribution in [0.1, 0.15) is 37.6 Å². The Morgan fingerprint density at radius 3 is 2.48 bits per heavy atom. The molecule has 5 nitrogen and oxygen atoms in total. The maximum Gasteiger partial charge on any atom is 0.335 e. The molecule has 21 heavy (non-hydrogen) atoms. The summed E-state index contributed by atoms with van der Waals surface area (Å²) in [5.41, 5.74) is -0.470. The van der Waals surface area contributed by atoms with Gasteiger partial charge in [-0.3, -0.25) is 0 Å². The van der Waals surface area contributed by atoms with Gasteiger partial charge in [0, 0.05) is 13.1 Å². The summed E-state index contributed by atoms with van der Waals surface area (Å²) in [4.78, 5) is 10.7. The highest BCUT2D eigenvalue weighted by molar-refractivity contribution is 5.87. The summed E-state index contributed by atoms with van der Waals surface area (Å²) in [5, 5.41) is 22.1. The van der Waals surface area contributed by atoms with Crippen LogP contribution in [0, 0.1) is 5.92 Å². The number of aromatic carboxylic acids is 1. The maximum atomic E-state index is 10.7. The highest BCUT2D eigenvalue weighted by atomic mass is 16.5. The van der Waals surface area contributed by atoms with Crippen LogP contribution in [0.3, 0.4) is 0 Å². The van der Waals surface area contributed by atoms with E-state index in [0.29, 0.717) is 31.4 Å². The van der Waals surface area contributed by atoms with Crippen LogP contribution < -0.4 is 10.1 Å². The molecule has 0 amide bonds. The largest absolute Gasteiger partial charge is 0.492 e. The molecular weight excluding hydrogens is 270 g/mol. The van der Waals surface area contributed by atoms with Gasteiger partial charge in [0.15, 0.2) is 0 Å². The molecule has 5 heteroatoms. The van der Waals surface area contributed by atoms with Crippen LogP contribution in [0.15, 0.2) is 24.3 Å². The molecule has 1 rings (SSSR count). The van der Waals surface area contributed by atoms with E-state index in [4.69, 9.17) is 9.84 Å². The van der Waals surface area contributed by atoms with Crippen molar-refractivity contribution >= 4 is 5.97 Å². The lowest BCUT2D eigenvalue weighted by Crippen LogP contribution is -2.40. The molecule has 1 aromatic rings. The number of benzene rings is 1. The number of carboxylic acid groups (broad SMARTS) is 1. The third-order valence-corrected chi connectivity index (χ3v) is 3.00. The zero-order valence-corrected chi connectivity index (χ0v) is 12.9. The fourth-order valence-corrected chi connectivity index (χ4v) is 2.24. The van der Waals surface area contributed by atoms with E-state index in [-0.39, 0.29) is 5.56 Å². The first-order chi connectivity index (χ1) is 9.80. The van der Waals surface area contributed by atoms with Gasteiger partial charge in [0.05, 0.1) is 11.2 Å². The average molecular weight is 295 g/mol. The molecule has 0 heterocycles. The summed E-state index contributed by atoms with van der Waals surface area (Å²) >= 11 is 0. The molecule has 0 bridgehead atoms. The average Bonchev–Trinajstić information content (AvgIpc) is 2.37. The number of carbonyl (C=O) groups is 1. The van der Waals surface area contributed by atoms with Crippen molar-refractivity contribution < 1.29 is 19.7 Å². The van der Waals surface area contributed by atoms with Crippen LogP contribution in [-0.2, 0) is 0 Å². The van der Waals surface area contributed by atoms with Crippen molar-refractivity contribution in [2.24, 2.45) is 5.92 Å². The van der Waals surface area contributed by atoms with Gasteiger partial charge in [-0.15, -0.1) is 0 Å². The van der Waals surface area contributed by atoms with Crippen molar-refractivity contribution in [2.45, 2.75) is 32.8 Å². The monoisotopic (exact) mass is 295 g/mol. The summed E-state index contributed by atoms with van der Waals surface area (Å²) in [7, 11) is 0. The van der Waals surface area contributed by atoms with E-state index in [1.54, 1.807) is 12.1 Å². The first-order valence-electron chi connectivity index (χ1n) is 7.19. The fraction of sp³-hybridized carbons (Fsp3) is 0.562. The van der Waals surface area contributed by atoms with Gasteiger partial charge >= 0.3 is 5.97 Å². The highest BCUT2D eigenvalue weighted by Crippen LogP contribution is 2.15. The van der Waals surface area contributed by atoms with Crippen LogP contribution in [0.2, 0.25) is 0 Å². The van der Waals surface area contributed by atoms with Crippen LogP contribution in [0.5, 0.6) is 5.75 Å². The minimum Gasteiger partial charge on any atom is -0.492 e. The Hall–Kier alpha value is -1.59. The molecule has 0 aliphatic carbocycles. The number of rotatable bonds is 9. The molecule has 3 N–H and O–H groups in total. The topological polar surface area (TPSA) is 78.8 Å². The number of hydrogen-bond acceptors (Lipinski definition) is 4. The standard InChI is InChI=1S/C16H25NO4/c1-12(2)10-16(3,20)11-17-8-9-21-14-6-4-13(5-7-14)15(18)19/h4-7,12,17,20H,8-11H2,1-3H3,(H,18,19). The van der Waals surface area contributed by atoms with Crippen molar-refractivity contribution in [3.8, 4) is 5.75 Å². The molecule has 0 aliphatic rings. The van der Waals surface area contributed by atoms with Gasteiger partial charge in [0.2, 0.25) is 0 Å². The highest BCUT2D eigenvalue weighted by Gasteiger charge is 2.20. The lowest BCUT2D eigenvalue weighted by molar-refractivity contribution is 0.0380. The van der Waals surface area contributed by atoms with Gasteiger partial charge in [-0.2, -0.15) is 0 Å². The van der Waals surface area contributed by atoms with Gasteiger partial charge in [-0.25, -0.2) is 4.79 Å². The Morgan fingerprint density at radius 2 is 1.95 bits per heavy atom. The Bertz CT molecular complexity index is 440. The van der Waals surface area contributed by atoms with Gasteiger partial charge in [-0.1, -0.05) is 13.8 Å². The van der Waals surface area contributed by atoms with Gasteiger partial charge in [-0.05, 0) is 43.5 Å². The van der Waals surface area contributed by atoms with Crippen LogP contribution in [0.4, 0.5) is 0 Å². The maximum absolute atomic E-state index is 10.7. The second-order valence-electron chi connectivity index (χ2n) is 5.95. The molecule has 1 atom stereocenters. The number of carboxylic acids is 1. The van der Waals surface area contributed by atoms with Gasteiger partial charge in [0.1, 0.15) is 12.4 Å². The van der Waals surface area contributed by atoms with Gasteiger partial charge < -0.3 is 20.3 Å².